The van der Waals surface area contributed by atoms with Crippen molar-refractivity contribution in [3.63, 3.8) is 0 Å². The van der Waals surface area contributed by atoms with Crippen LogP contribution in [0.2, 0.25) is 0 Å². The number of nitrogens with zero attached hydrogens (tertiary/aromatic N) is 1. The van der Waals surface area contributed by atoms with E-state index < -0.39 is 0 Å². The summed E-state index contributed by atoms with van der Waals surface area (Å²) in [4.78, 5) is 39.6. The lowest BCUT2D eigenvalue weighted by atomic mass is 10.1. The predicted octanol–water partition coefficient (Wildman–Crippen LogP) is 4.56. The van der Waals surface area contributed by atoms with Gasteiger partial charge in [0, 0.05) is 24.2 Å². The van der Waals surface area contributed by atoms with Gasteiger partial charge in [-0.05, 0) is 49.2 Å². The molecule has 1 saturated heterocycles. The molecule has 1 aliphatic heterocycles. The number of rotatable bonds is 6. The van der Waals surface area contributed by atoms with Crippen molar-refractivity contribution in [2.45, 2.75) is 25.8 Å². The molecule has 1 unspecified atom stereocenters. The zero-order chi connectivity index (χ0) is 22.5. The highest BCUT2D eigenvalue weighted by Crippen LogP contribution is 2.24. The molecule has 0 saturated carbocycles. The Bertz CT molecular complexity index is 1140. The van der Waals surface area contributed by atoms with Crippen molar-refractivity contribution in [3.8, 4) is 0 Å². The van der Waals surface area contributed by atoms with Crippen molar-refractivity contribution in [1.82, 2.24) is 5.32 Å². The summed E-state index contributed by atoms with van der Waals surface area (Å²) >= 11 is 0. The van der Waals surface area contributed by atoms with Gasteiger partial charge >= 0.3 is 0 Å². The Hall–Kier alpha value is -3.93. The lowest BCUT2D eigenvalue weighted by Crippen LogP contribution is -2.28. The third kappa shape index (κ3) is 4.70. The van der Waals surface area contributed by atoms with Gasteiger partial charge in [0.05, 0.1) is 17.3 Å². The zero-order valence-electron chi connectivity index (χ0n) is 17.9. The number of amides is 3. The van der Waals surface area contributed by atoms with Gasteiger partial charge in [-0.15, -0.1) is 0 Å². The Balaban J connectivity index is 1.50. The van der Waals surface area contributed by atoms with Gasteiger partial charge < -0.3 is 15.5 Å². The molecule has 6 nitrogen and oxygen atoms in total. The Morgan fingerprint density at radius 2 is 1.66 bits per heavy atom. The van der Waals surface area contributed by atoms with Gasteiger partial charge in [-0.2, -0.15) is 0 Å². The van der Waals surface area contributed by atoms with E-state index in [4.69, 9.17) is 0 Å². The van der Waals surface area contributed by atoms with Crippen molar-refractivity contribution in [1.29, 1.82) is 0 Å². The minimum absolute atomic E-state index is 0.0668. The maximum Gasteiger partial charge on any atom is 0.255 e. The summed E-state index contributed by atoms with van der Waals surface area (Å²) < 4.78 is 0. The third-order valence-corrected chi connectivity index (χ3v) is 5.56. The Morgan fingerprint density at radius 3 is 2.41 bits per heavy atom. The molecule has 1 atom stereocenters. The number of hydrogen-bond donors (Lipinski definition) is 2. The number of hydrogen-bond acceptors (Lipinski definition) is 3. The minimum Gasteiger partial charge on any atom is -0.345 e. The standard InChI is InChI=1S/C26H25N3O3/c1-18(19-9-3-2-4-10-19)27-26(32)22-13-5-6-14-23(22)28-25(31)20-11-7-12-21(17-20)29-16-8-15-24(29)30/h2-7,9-14,17-18H,8,15-16H2,1H3,(H,27,32)(H,28,31). The second-order valence-electron chi connectivity index (χ2n) is 7.80. The van der Waals surface area contributed by atoms with Crippen LogP contribution in [0.15, 0.2) is 78.9 Å². The van der Waals surface area contributed by atoms with Gasteiger partial charge in [-0.1, -0.05) is 48.5 Å². The van der Waals surface area contributed by atoms with Crippen LogP contribution in [0.25, 0.3) is 0 Å². The molecule has 0 aromatic heterocycles. The molecule has 1 aliphatic rings. The summed E-state index contributed by atoms with van der Waals surface area (Å²) in [5, 5.41) is 5.83. The van der Waals surface area contributed by atoms with E-state index in [1.54, 1.807) is 47.4 Å². The molecule has 4 rings (SSSR count). The van der Waals surface area contributed by atoms with Crippen molar-refractivity contribution in [2.75, 3.05) is 16.8 Å². The van der Waals surface area contributed by atoms with Crippen LogP contribution in [0.3, 0.4) is 0 Å². The van der Waals surface area contributed by atoms with Crippen molar-refractivity contribution >= 4 is 29.1 Å². The maximum absolute atomic E-state index is 12.9. The van der Waals surface area contributed by atoms with Gasteiger partial charge in [0.15, 0.2) is 0 Å². The van der Waals surface area contributed by atoms with Crippen molar-refractivity contribution in [3.05, 3.63) is 95.6 Å². The van der Waals surface area contributed by atoms with E-state index in [2.05, 4.69) is 10.6 Å². The molecule has 0 spiro atoms. The molecule has 2 N–H and O–H groups in total. The lowest BCUT2D eigenvalue weighted by molar-refractivity contribution is -0.117. The Morgan fingerprint density at radius 1 is 0.906 bits per heavy atom. The molecule has 0 bridgehead atoms. The van der Waals surface area contributed by atoms with Crippen molar-refractivity contribution in [2.24, 2.45) is 0 Å². The van der Waals surface area contributed by atoms with Crippen LogP contribution in [0, 0.1) is 0 Å². The highest BCUT2D eigenvalue weighted by atomic mass is 16.2. The van der Waals surface area contributed by atoms with E-state index in [0.29, 0.717) is 35.5 Å². The number of carbonyl (C=O) groups excluding carboxylic acids is 3. The number of carbonyl (C=O) groups is 3. The average molecular weight is 428 g/mol. The van der Waals surface area contributed by atoms with Gasteiger partial charge in [0.1, 0.15) is 0 Å². The average Bonchev–Trinajstić information content (AvgIpc) is 3.26. The smallest absolute Gasteiger partial charge is 0.255 e. The molecule has 6 heteroatoms. The summed E-state index contributed by atoms with van der Waals surface area (Å²) in [7, 11) is 0. The van der Waals surface area contributed by atoms with Crippen LogP contribution in [0.4, 0.5) is 11.4 Å². The van der Waals surface area contributed by atoms with Gasteiger partial charge in [-0.25, -0.2) is 0 Å². The minimum atomic E-state index is -0.338. The molecular formula is C26H25N3O3. The Labute approximate surface area is 187 Å². The SMILES string of the molecule is CC(NC(=O)c1ccccc1NC(=O)c1cccc(N2CCCC2=O)c1)c1ccccc1. The van der Waals surface area contributed by atoms with Gasteiger partial charge in [-0.3, -0.25) is 14.4 Å². The molecule has 3 aromatic carbocycles. The molecular weight excluding hydrogens is 402 g/mol. The quantitative estimate of drug-likeness (QED) is 0.605. The first kappa shape index (κ1) is 21.3. The molecule has 3 aromatic rings. The van der Waals surface area contributed by atoms with Crippen LogP contribution in [0.5, 0.6) is 0 Å². The molecule has 1 heterocycles. The second kappa shape index (κ2) is 9.47. The third-order valence-electron chi connectivity index (χ3n) is 5.56. The number of anilines is 2. The summed E-state index contributed by atoms with van der Waals surface area (Å²) in [6, 6.07) is 23.4. The second-order valence-corrected chi connectivity index (χ2v) is 7.80. The van der Waals surface area contributed by atoms with Gasteiger partial charge in [0.2, 0.25) is 5.91 Å². The Kier molecular flexibility index (Phi) is 6.31. The first-order chi connectivity index (χ1) is 15.5. The number of para-hydroxylation sites is 1. The highest BCUT2D eigenvalue weighted by molar-refractivity contribution is 6.09. The molecule has 3 amide bonds. The first-order valence-corrected chi connectivity index (χ1v) is 10.7. The van der Waals surface area contributed by atoms with Crippen LogP contribution in [-0.2, 0) is 4.79 Å². The fourth-order valence-electron chi connectivity index (χ4n) is 3.82. The van der Waals surface area contributed by atoms with E-state index in [1.807, 2.05) is 43.3 Å². The molecule has 32 heavy (non-hydrogen) atoms. The molecule has 0 aliphatic carbocycles. The number of benzene rings is 3. The lowest BCUT2D eigenvalue weighted by Gasteiger charge is -2.18. The highest BCUT2D eigenvalue weighted by Gasteiger charge is 2.22. The first-order valence-electron chi connectivity index (χ1n) is 10.7. The van der Waals surface area contributed by atoms with Crippen LogP contribution >= 0.6 is 0 Å². The maximum atomic E-state index is 12.9. The van der Waals surface area contributed by atoms with E-state index in [-0.39, 0.29) is 23.8 Å². The van der Waals surface area contributed by atoms with Crippen LogP contribution in [-0.4, -0.2) is 24.3 Å². The van der Waals surface area contributed by atoms with Gasteiger partial charge in [0.25, 0.3) is 11.8 Å². The van der Waals surface area contributed by atoms with E-state index in [9.17, 15) is 14.4 Å². The molecule has 1 fully saturated rings. The van der Waals surface area contributed by atoms with Crippen molar-refractivity contribution < 1.29 is 14.4 Å². The topological polar surface area (TPSA) is 78.5 Å². The predicted molar refractivity (Wildman–Crippen MR) is 125 cm³/mol. The summed E-state index contributed by atoms with van der Waals surface area (Å²) in [6.07, 6.45) is 1.35. The fourth-order valence-corrected chi connectivity index (χ4v) is 3.82. The summed E-state index contributed by atoms with van der Waals surface area (Å²) in [5.74, 6) is -0.541. The normalized spacial score (nSPS) is 14.2. The van der Waals surface area contributed by atoms with E-state index >= 15 is 0 Å². The largest absolute Gasteiger partial charge is 0.345 e. The monoisotopic (exact) mass is 427 g/mol. The van der Waals surface area contributed by atoms with E-state index in [0.717, 1.165) is 12.0 Å². The van der Waals surface area contributed by atoms with Crippen LogP contribution < -0.4 is 15.5 Å². The number of nitrogens with one attached hydrogen (secondary N) is 2. The summed E-state index contributed by atoms with van der Waals surface area (Å²) in [5.41, 5.74) is 2.95. The fraction of sp³-hybridized carbons (Fsp3) is 0.192. The van der Waals surface area contributed by atoms with E-state index in [1.165, 1.54) is 0 Å². The molecule has 0 radical (unpaired) electrons. The molecule has 162 valence electrons. The van der Waals surface area contributed by atoms with Crippen LogP contribution in [0.1, 0.15) is 52.1 Å². The zero-order valence-corrected chi connectivity index (χ0v) is 17.9. The summed E-state index contributed by atoms with van der Waals surface area (Å²) in [6.45, 7) is 2.58.